The summed E-state index contributed by atoms with van der Waals surface area (Å²) in [7, 11) is 0. The van der Waals surface area contributed by atoms with Gasteiger partial charge in [0.15, 0.2) is 0 Å². The molecule has 0 saturated carbocycles. The fourth-order valence-electron chi connectivity index (χ4n) is 2.57. The second-order valence-corrected chi connectivity index (χ2v) is 6.39. The number of thioether (sulfide) groups is 1. The first-order valence-electron chi connectivity index (χ1n) is 6.83. The summed E-state index contributed by atoms with van der Waals surface area (Å²) >= 11 is 1.91. The number of fused-ring (bicyclic) bond motifs is 1. The van der Waals surface area contributed by atoms with Gasteiger partial charge >= 0.3 is 0 Å². The van der Waals surface area contributed by atoms with Crippen LogP contribution in [0.5, 0.6) is 0 Å². The van der Waals surface area contributed by atoms with E-state index in [1.807, 2.05) is 17.8 Å². The van der Waals surface area contributed by atoms with Crippen molar-refractivity contribution in [2.45, 2.75) is 18.1 Å². The number of hydrogen-bond acceptors (Lipinski definition) is 2. The van der Waals surface area contributed by atoms with E-state index in [-0.39, 0.29) is 11.7 Å². The molecule has 0 aromatic heterocycles. The van der Waals surface area contributed by atoms with Crippen molar-refractivity contribution in [3.05, 3.63) is 47.8 Å². The van der Waals surface area contributed by atoms with Crippen molar-refractivity contribution in [2.24, 2.45) is 0 Å². The number of halogens is 1. The molecular formula is C16H16FNOS. The van der Waals surface area contributed by atoms with Crippen LogP contribution in [0.3, 0.4) is 0 Å². The number of benzene rings is 2. The van der Waals surface area contributed by atoms with Gasteiger partial charge in [0.2, 0.25) is 0 Å². The normalized spacial score (nSPS) is 18.4. The summed E-state index contributed by atoms with van der Waals surface area (Å²) in [6, 6.07) is 10.0. The van der Waals surface area contributed by atoms with E-state index in [0.29, 0.717) is 28.1 Å². The summed E-state index contributed by atoms with van der Waals surface area (Å²) in [5, 5.41) is 4.66. The number of rotatable bonds is 3. The smallest absolute Gasteiger partial charge is 0.251 e. The minimum absolute atomic E-state index is 0.117. The second-order valence-electron chi connectivity index (χ2n) is 4.99. The lowest BCUT2D eigenvalue weighted by Crippen LogP contribution is -2.29. The quantitative estimate of drug-likeness (QED) is 0.935. The zero-order chi connectivity index (χ0) is 13.9. The summed E-state index contributed by atoms with van der Waals surface area (Å²) in [5.74, 6) is 0.775. The zero-order valence-corrected chi connectivity index (χ0v) is 11.9. The third-order valence-corrected chi connectivity index (χ3v) is 5.03. The third-order valence-electron chi connectivity index (χ3n) is 3.63. The molecule has 3 rings (SSSR count). The number of amides is 1. The van der Waals surface area contributed by atoms with Gasteiger partial charge in [0, 0.05) is 22.7 Å². The Morgan fingerprint density at radius 1 is 1.25 bits per heavy atom. The third kappa shape index (κ3) is 2.66. The average molecular weight is 289 g/mol. The molecule has 1 atom stereocenters. The van der Waals surface area contributed by atoms with E-state index in [1.54, 1.807) is 24.3 Å². The van der Waals surface area contributed by atoms with Crippen LogP contribution < -0.4 is 5.32 Å². The molecule has 1 fully saturated rings. The van der Waals surface area contributed by atoms with Crippen LogP contribution in [0.15, 0.2) is 36.4 Å². The molecule has 1 unspecified atom stereocenters. The van der Waals surface area contributed by atoms with Crippen molar-refractivity contribution in [2.75, 3.05) is 12.3 Å². The predicted molar refractivity (Wildman–Crippen MR) is 81.7 cm³/mol. The van der Waals surface area contributed by atoms with Crippen LogP contribution in [-0.2, 0) is 0 Å². The highest BCUT2D eigenvalue weighted by atomic mass is 32.2. The van der Waals surface area contributed by atoms with Crippen molar-refractivity contribution in [1.29, 1.82) is 0 Å². The Hall–Kier alpha value is -1.55. The maximum Gasteiger partial charge on any atom is 0.251 e. The molecule has 20 heavy (non-hydrogen) atoms. The lowest BCUT2D eigenvalue weighted by atomic mass is 10.0. The molecule has 1 N–H and O–H groups in total. The van der Waals surface area contributed by atoms with E-state index >= 15 is 0 Å². The largest absolute Gasteiger partial charge is 0.351 e. The Morgan fingerprint density at radius 3 is 2.80 bits per heavy atom. The highest BCUT2D eigenvalue weighted by molar-refractivity contribution is 8.00. The fraction of sp³-hybridized carbons (Fsp3) is 0.312. The Labute approximate surface area is 121 Å². The molecule has 4 heteroatoms. The highest BCUT2D eigenvalue weighted by Crippen LogP contribution is 2.26. The average Bonchev–Trinajstić information content (AvgIpc) is 2.99. The summed E-state index contributed by atoms with van der Waals surface area (Å²) < 4.78 is 13.7. The van der Waals surface area contributed by atoms with Crippen LogP contribution in [0.1, 0.15) is 23.2 Å². The van der Waals surface area contributed by atoms with Gasteiger partial charge in [-0.1, -0.05) is 24.3 Å². The molecular weight excluding hydrogens is 273 g/mol. The molecule has 0 radical (unpaired) electrons. The van der Waals surface area contributed by atoms with Gasteiger partial charge in [0.05, 0.1) is 0 Å². The number of hydrogen-bond donors (Lipinski definition) is 1. The van der Waals surface area contributed by atoms with Gasteiger partial charge in [-0.15, -0.1) is 0 Å². The molecule has 104 valence electrons. The van der Waals surface area contributed by atoms with Crippen molar-refractivity contribution in [3.8, 4) is 0 Å². The highest BCUT2D eigenvalue weighted by Gasteiger charge is 2.18. The standard InChI is InChI=1S/C16H16FNOS/c17-15-8-7-14(12-5-1-2-6-13(12)15)16(19)18-10-11-4-3-9-20-11/h1-2,5-8,11H,3-4,9-10H2,(H,18,19). The molecule has 0 aliphatic carbocycles. The lowest BCUT2D eigenvalue weighted by molar-refractivity contribution is 0.0955. The van der Waals surface area contributed by atoms with Crippen LogP contribution in [0.2, 0.25) is 0 Å². The molecule has 1 aliphatic rings. The van der Waals surface area contributed by atoms with Gasteiger partial charge in [-0.3, -0.25) is 4.79 Å². The Kier molecular flexibility index (Phi) is 3.92. The molecule has 1 amide bonds. The number of carbonyl (C=O) groups is 1. The van der Waals surface area contributed by atoms with E-state index in [4.69, 9.17) is 0 Å². The first-order valence-corrected chi connectivity index (χ1v) is 7.87. The van der Waals surface area contributed by atoms with Crippen molar-refractivity contribution >= 4 is 28.4 Å². The van der Waals surface area contributed by atoms with Gasteiger partial charge in [0.25, 0.3) is 5.91 Å². The molecule has 0 spiro atoms. The van der Waals surface area contributed by atoms with E-state index in [0.717, 1.165) is 6.42 Å². The van der Waals surface area contributed by atoms with E-state index in [9.17, 15) is 9.18 Å². The van der Waals surface area contributed by atoms with Crippen LogP contribution in [0, 0.1) is 5.82 Å². The van der Waals surface area contributed by atoms with Gasteiger partial charge in [-0.25, -0.2) is 4.39 Å². The summed E-state index contributed by atoms with van der Waals surface area (Å²) in [6.07, 6.45) is 2.39. The Morgan fingerprint density at radius 2 is 2.05 bits per heavy atom. The summed E-state index contributed by atoms with van der Waals surface area (Å²) in [5.41, 5.74) is 0.546. The number of nitrogens with one attached hydrogen (secondary N) is 1. The van der Waals surface area contributed by atoms with E-state index in [1.165, 1.54) is 18.2 Å². The lowest BCUT2D eigenvalue weighted by Gasteiger charge is -2.12. The van der Waals surface area contributed by atoms with E-state index < -0.39 is 0 Å². The van der Waals surface area contributed by atoms with Crippen LogP contribution in [-0.4, -0.2) is 23.5 Å². The van der Waals surface area contributed by atoms with Crippen molar-refractivity contribution in [1.82, 2.24) is 5.32 Å². The monoisotopic (exact) mass is 289 g/mol. The van der Waals surface area contributed by atoms with E-state index in [2.05, 4.69) is 5.32 Å². The van der Waals surface area contributed by atoms with Crippen molar-refractivity contribution < 1.29 is 9.18 Å². The van der Waals surface area contributed by atoms with Gasteiger partial charge in [-0.2, -0.15) is 11.8 Å². The molecule has 0 bridgehead atoms. The summed E-state index contributed by atoms with van der Waals surface area (Å²) in [4.78, 5) is 12.3. The first-order chi connectivity index (χ1) is 9.75. The number of carbonyl (C=O) groups excluding carboxylic acids is 1. The topological polar surface area (TPSA) is 29.1 Å². The fourth-order valence-corrected chi connectivity index (χ4v) is 3.77. The molecule has 1 saturated heterocycles. The molecule has 1 aliphatic heterocycles. The van der Waals surface area contributed by atoms with Gasteiger partial charge in [0.1, 0.15) is 5.82 Å². The molecule has 1 heterocycles. The first kappa shape index (κ1) is 13.4. The minimum atomic E-state index is -0.288. The summed E-state index contributed by atoms with van der Waals surface area (Å²) in [6.45, 7) is 0.690. The maximum absolute atomic E-state index is 13.7. The Balaban J connectivity index is 1.82. The van der Waals surface area contributed by atoms with Crippen LogP contribution in [0.4, 0.5) is 4.39 Å². The van der Waals surface area contributed by atoms with Crippen LogP contribution in [0.25, 0.3) is 10.8 Å². The minimum Gasteiger partial charge on any atom is -0.351 e. The predicted octanol–water partition coefficient (Wildman–Crippen LogP) is 3.60. The van der Waals surface area contributed by atoms with Crippen molar-refractivity contribution in [3.63, 3.8) is 0 Å². The van der Waals surface area contributed by atoms with Gasteiger partial charge < -0.3 is 5.32 Å². The van der Waals surface area contributed by atoms with Crippen LogP contribution >= 0.6 is 11.8 Å². The van der Waals surface area contributed by atoms with Gasteiger partial charge in [-0.05, 0) is 36.1 Å². The molecule has 2 nitrogen and oxygen atoms in total. The zero-order valence-electron chi connectivity index (χ0n) is 11.1. The SMILES string of the molecule is O=C(NCC1CCCS1)c1ccc(F)c2ccccc12. The second kappa shape index (κ2) is 5.83. The molecule has 2 aromatic carbocycles. The molecule has 2 aromatic rings. The Bertz CT molecular complexity index is 637. The maximum atomic E-state index is 13.7.